The van der Waals surface area contributed by atoms with Gasteiger partial charge < -0.3 is 5.73 Å². The van der Waals surface area contributed by atoms with Crippen LogP contribution in [0.25, 0.3) is 0 Å². The van der Waals surface area contributed by atoms with Crippen LogP contribution in [0, 0.1) is 5.82 Å². The van der Waals surface area contributed by atoms with E-state index in [0.717, 1.165) is 6.07 Å². The summed E-state index contributed by atoms with van der Waals surface area (Å²) in [6.45, 7) is 0. The minimum absolute atomic E-state index is 0.0226. The number of aromatic nitrogens is 2. The Labute approximate surface area is 107 Å². The second-order valence-electron chi connectivity index (χ2n) is 3.39. The summed E-state index contributed by atoms with van der Waals surface area (Å²) in [5.74, 6) is -1.16. The third-order valence-corrected chi connectivity index (χ3v) is 2.32. The molecule has 0 atom stereocenters. The summed E-state index contributed by atoms with van der Waals surface area (Å²) in [6.07, 6.45) is 1.40. The first-order valence-electron chi connectivity index (χ1n) is 4.91. The van der Waals surface area contributed by atoms with Gasteiger partial charge in [0.2, 0.25) is 5.95 Å². The van der Waals surface area contributed by atoms with Crippen molar-refractivity contribution in [3.05, 3.63) is 47.0 Å². The highest BCUT2D eigenvalue weighted by molar-refractivity contribution is 6.29. The highest BCUT2D eigenvalue weighted by Gasteiger charge is 2.10. The smallest absolute Gasteiger partial charge is 0.258 e. The van der Waals surface area contributed by atoms with E-state index in [1.54, 1.807) is 0 Å². The molecule has 0 aliphatic heterocycles. The van der Waals surface area contributed by atoms with Gasteiger partial charge in [-0.3, -0.25) is 10.1 Å². The lowest BCUT2D eigenvalue weighted by molar-refractivity contribution is 0.102. The average molecular weight is 267 g/mol. The molecule has 2 aromatic rings. The molecule has 0 aliphatic carbocycles. The molecule has 0 bridgehead atoms. The molecule has 7 heteroatoms. The third-order valence-electron chi connectivity index (χ3n) is 2.11. The molecule has 0 radical (unpaired) electrons. The minimum atomic E-state index is -0.658. The van der Waals surface area contributed by atoms with Crippen LogP contribution >= 0.6 is 11.6 Å². The van der Waals surface area contributed by atoms with Crippen molar-refractivity contribution in [3.63, 3.8) is 0 Å². The first kappa shape index (κ1) is 12.3. The van der Waals surface area contributed by atoms with E-state index in [1.807, 2.05) is 0 Å². The van der Waals surface area contributed by atoms with E-state index in [2.05, 4.69) is 15.3 Å². The summed E-state index contributed by atoms with van der Waals surface area (Å²) in [5.41, 5.74) is 5.41. The molecule has 1 aromatic heterocycles. The fraction of sp³-hybridized carbons (Fsp3) is 0. The summed E-state index contributed by atoms with van der Waals surface area (Å²) >= 11 is 5.64. The number of rotatable bonds is 2. The maximum absolute atomic E-state index is 13.2. The summed E-state index contributed by atoms with van der Waals surface area (Å²) in [4.78, 5) is 19.3. The molecule has 18 heavy (non-hydrogen) atoms. The van der Waals surface area contributed by atoms with E-state index in [4.69, 9.17) is 17.3 Å². The van der Waals surface area contributed by atoms with E-state index < -0.39 is 11.7 Å². The number of nitrogen functional groups attached to an aromatic ring is 1. The number of nitrogens with one attached hydrogen (secondary N) is 1. The normalized spacial score (nSPS) is 10.1. The molecule has 92 valence electrons. The molecule has 0 unspecified atom stereocenters. The molecule has 3 N–H and O–H groups in total. The Morgan fingerprint density at radius 2 is 2.17 bits per heavy atom. The van der Waals surface area contributed by atoms with Crippen LogP contribution in [0.3, 0.4) is 0 Å². The molecular weight excluding hydrogens is 259 g/mol. The predicted octanol–water partition coefficient (Wildman–Crippen LogP) is 2.10. The van der Waals surface area contributed by atoms with Gasteiger partial charge in [0.1, 0.15) is 11.0 Å². The molecule has 1 amide bonds. The topological polar surface area (TPSA) is 80.9 Å². The molecule has 1 aromatic carbocycles. The molecule has 0 saturated heterocycles. The van der Waals surface area contributed by atoms with E-state index >= 15 is 0 Å². The van der Waals surface area contributed by atoms with Gasteiger partial charge in [-0.05, 0) is 24.3 Å². The van der Waals surface area contributed by atoms with Crippen LogP contribution < -0.4 is 11.1 Å². The van der Waals surface area contributed by atoms with Crippen LogP contribution in [0.1, 0.15) is 10.4 Å². The molecule has 0 fully saturated rings. The zero-order valence-electron chi connectivity index (χ0n) is 9.02. The van der Waals surface area contributed by atoms with Gasteiger partial charge >= 0.3 is 0 Å². The van der Waals surface area contributed by atoms with Crippen molar-refractivity contribution < 1.29 is 9.18 Å². The quantitative estimate of drug-likeness (QED) is 0.644. The predicted molar refractivity (Wildman–Crippen MR) is 65.8 cm³/mol. The van der Waals surface area contributed by atoms with E-state index in [1.165, 1.54) is 24.4 Å². The summed E-state index contributed by atoms with van der Waals surface area (Å²) in [6, 6.07) is 5.22. The summed E-state index contributed by atoms with van der Waals surface area (Å²) < 4.78 is 13.2. The van der Waals surface area contributed by atoms with Crippen molar-refractivity contribution in [2.75, 3.05) is 11.1 Å². The lowest BCUT2D eigenvalue weighted by Crippen LogP contribution is -2.14. The maximum Gasteiger partial charge on any atom is 0.258 e. The maximum atomic E-state index is 13.2. The largest absolute Gasteiger partial charge is 0.396 e. The number of nitrogens with zero attached hydrogens (tertiary/aromatic N) is 2. The second-order valence-corrected chi connectivity index (χ2v) is 3.78. The Bertz CT molecular complexity index is 605. The number of carbonyl (C=O) groups is 1. The summed E-state index contributed by atoms with van der Waals surface area (Å²) in [5, 5.41) is 2.59. The van der Waals surface area contributed by atoms with Crippen molar-refractivity contribution in [3.8, 4) is 0 Å². The van der Waals surface area contributed by atoms with Crippen molar-refractivity contribution in [2.24, 2.45) is 0 Å². The third kappa shape index (κ3) is 2.72. The lowest BCUT2D eigenvalue weighted by atomic mass is 10.2. The second kappa shape index (κ2) is 4.97. The van der Waals surface area contributed by atoms with Gasteiger partial charge in [-0.25, -0.2) is 14.4 Å². The highest BCUT2D eigenvalue weighted by atomic mass is 35.5. The number of halogens is 2. The lowest BCUT2D eigenvalue weighted by Gasteiger charge is -2.04. The Morgan fingerprint density at radius 3 is 2.83 bits per heavy atom. The zero-order chi connectivity index (χ0) is 13.1. The standard InChI is InChI=1S/C11H8ClFN4O/c12-9-3-4-15-11(16-9)17-10(18)6-1-2-8(14)7(13)5-6/h1-5H,14H2,(H,15,16,17,18). The van der Waals surface area contributed by atoms with Crippen LogP contribution in [0.4, 0.5) is 16.0 Å². The van der Waals surface area contributed by atoms with Crippen molar-refractivity contribution >= 4 is 29.1 Å². The molecule has 1 heterocycles. The average Bonchev–Trinajstić information content (AvgIpc) is 2.32. The fourth-order valence-electron chi connectivity index (χ4n) is 1.24. The van der Waals surface area contributed by atoms with Crippen LogP contribution in [0.2, 0.25) is 5.15 Å². The number of nitrogens with two attached hydrogens (primary N) is 1. The zero-order valence-corrected chi connectivity index (χ0v) is 9.78. The number of amides is 1. The number of hydrogen-bond acceptors (Lipinski definition) is 4. The van der Waals surface area contributed by atoms with Crippen molar-refractivity contribution in [2.45, 2.75) is 0 Å². The van der Waals surface area contributed by atoms with Gasteiger partial charge in [0.25, 0.3) is 5.91 Å². The number of benzene rings is 1. The SMILES string of the molecule is Nc1ccc(C(=O)Nc2nccc(Cl)n2)cc1F. The molecule has 0 saturated carbocycles. The summed E-state index contributed by atoms with van der Waals surface area (Å²) in [7, 11) is 0. The van der Waals surface area contributed by atoms with Gasteiger partial charge in [0, 0.05) is 11.8 Å². The van der Waals surface area contributed by atoms with Gasteiger partial charge in [-0.15, -0.1) is 0 Å². The minimum Gasteiger partial charge on any atom is -0.396 e. The van der Waals surface area contributed by atoms with Crippen LogP contribution in [-0.2, 0) is 0 Å². The molecule has 2 rings (SSSR count). The van der Waals surface area contributed by atoms with E-state index in [0.29, 0.717) is 0 Å². The van der Waals surface area contributed by atoms with Crippen molar-refractivity contribution in [1.82, 2.24) is 9.97 Å². The Balaban J connectivity index is 2.19. The Kier molecular flexibility index (Phi) is 3.38. The Hall–Kier alpha value is -2.21. The van der Waals surface area contributed by atoms with Crippen molar-refractivity contribution in [1.29, 1.82) is 0 Å². The van der Waals surface area contributed by atoms with Gasteiger partial charge in [-0.2, -0.15) is 0 Å². The molecule has 0 aliphatic rings. The van der Waals surface area contributed by atoms with Crippen LogP contribution in [-0.4, -0.2) is 15.9 Å². The molecular formula is C11H8ClFN4O. The monoisotopic (exact) mass is 266 g/mol. The van der Waals surface area contributed by atoms with Gasteiger partial charge in [-0.1, -0.05) is 11.6 Å². The number of anilines is 2. The molecule has 0 spiro atoms. The van der Waals surface area contributed by atoms with E-state index in [-0.39, 0.29) is 22.4 Å². The first-order chi connectivity index (χ1) is 8.56. The van der Waals surface area contributed by atoms with Gasteiger partial charge in [0.05, 0.1) is 5.69 Å². The fourth-order valence-corrected chi connectivity index (χ4v) is 1.38. The first-order valence-corrected chi connectivity index (χ1v) is 5.29. The van der Waals surface area contributed by atoms with E-state index in [9.17, 15) is 9.18 Å². The molecule has 5 nitrogen and oxygen atoms in total. The number of hydrogen-bond donors (Lipinski definition) is 2. The van der Waals surface area contributed by atoms with Crippen LogP contribution in [0.5, 0.6) is 0 Å². The van der Waals surface area contributed by atoms with Gasteiger partial charge in [0.15, 0.2) is 0 Å². The van der Waals surface area contributed by atoms with Crippen LogP contribution in [0.15, 0.2) is 30.5 Å². The Morgan fingerprint density at radius 1 is 1.39 bits per heavy atom. The number of carbonyl (C=O) groups excluding carboxylic acids is 1. The highest BCUT2D eigenvalue weighted by Crippen LogP contribution is 2.13.